The first-order chi connectivity index (χ1) is 20.9. The van der Waals surface area contributed by atoms with Gasteiger partial charge in [-0.25, -0.2) is 0 Å². The van der Waals surface area contributed by atoms with Gasteiger partial charge < -0.3 is 15.0 Å². The predicted molar refractivity (Wildman–Crippen MR) is 166 cm³/mol. The van der Waals surface area contributed by atoms with E-state index in [-0.39, 0.29) is 24.1 Å². The first kappa shape index (κ1) is 26.9. The van der Waals surface area contributed by atoms with Crippen LogP contribution in [0.15, 0.2) is 116 Å². The molecule has 4 aromatic rings. The Morgan fingerprint density at radius 1 is 0.930 bits per heavy atom. The Balaban J connectivity index is 1.50. The van der Waals surface area contributed by atoms with Crippen LogP contribution in [0, 0.1) is 5.92 Å². The summed E-state index contributed by atoms with van der Waals surface area (Å²) >= 11 is 6.17. The lowest BCUT2D eigenvalue weighted by Crippen LogP contribution is -2.49. The van der Waals surface area contributed by atoms with Crippen molar-refractivity contribution in [3.8, 4) is 5.75 Å². The lowest BCUT2D eigenvalue weighted by atomic mass is 9.62. The summed E-state index contributed by atoms with van der Waals surface area (Å²) in [4.78, 5) is 46.0. The summed E-state index contributed by atoms with van der Waals surface area (Å²) in [6, 6.07) is 27.2. The summed E-state index contributed by atoms with van der Waals surface area (Å²) in [6.45, 7) is 3.98. The van der Waals surface area contributed by atoms with Gasteiger partial charge in [-0.2, -0.15) is 0 Å². The molecule has 1 spiro atoms. The molecule has 0 aliphatic carbocycles. The first-order valence-electron chi connectivity index (χ1n) is 14.1. The lowest BCUT2D eigenvalue weighted by Gasteiger charge is -2.38. The Bertz CT molecular complexity index is 1830. The third kappa shape index (κ3) is 4.05. The van der Waals surface area contributed by atoms with Gasteiger partial charge in [-0.1, -0.05) is 78.9 Å². The fourth-order valence-electron chi connectivity index (χ4n) is 7.03. The molecule has 212 valence electrons. The van der Waals surface area contributed by atoms with Gasteiger partial charge in [-0.15, -0.1) is 0 Å². The summed E-state index contributed by atoms with van der Waals surface area (Å²) in [5.74, 6) is -1.47. The molecule has 3 aliphatic rings. The van der Waals surface area contributed by atoms with Crippen LogP contribution in [-0.2, 0) is 10.2 Å². The van der Waals surface area contributed by atoms with Gasteiger partial charge >= 0.3 is 0 Å². The Morgan fingerprint density at radius 3 is 2.51 bits per heavy atom. The number of nitrogens with zero attached hydrogens (tertiary/aromatic N) is 1. The third-order valence-electron chi connectivity index (χ3n) is 8.74. The third-order valence-corrected chi connectivity index (χ3v) is 8.99. The maximum Gasteiger partial charge on any atom is 0.238 e. The maximum absolute atomic E-state index is 15.0. The van der Waals surface area contributed by atoms with E-state index in [4.69, 9.17) is 16.3 Å². The highest BCUT2D eigenvalue weighted by molar-refractivity contribution is 6.30. The van der Waals surface area contributed by atoms with E-state index in [2.05, 4.69) is 11.9 Å². The molecule has 1 saturated heterocycles. The molecular weight excluding hydrogens is 560 g/mol. The number of benzene rings is 4. The SMILES string of the molecule is C=CCOc1cccc(C(=O)[C@@H]2[C@@H](C(=O)c3ccc(Cl)cc3)N3C=Cc4ccccc4[C@@H]3[C@]23C(=O)Nc2ccccc23)c1. The van der Waals surface area contributed by atoms with Crippen molar-refractivity contribution in [2.75, 3.05) is 11.9 Å². The zero-order chi connectivity index (χ0) is 29.7. The highest BCUT2D eigenvalue weighted by Crippen LogP contribution is 2.62. The van der Waals surface area contributed by atoms with Gasteiger partial charge in [0.2, 0.25) is 5.91 Å². The minimum atomic E-state index is -1.40. The van der Waals surface area contributed by atoms with Crippen molar-refractivity contribution in [3.63, 3.8) is 0 Å². The molecule has 3 heterocycles. The smallest absolute Gasteiger partial charge is 0.238 e. The molecule has 43 heavy (non-hydrogen) atoms. The van der Waals surface area contributed by atoms with Crippen molar-refractivity contribution in [3.05, 3.63) is 149 Å². The number of ketones is 2. The minimum absolute atomic E-state index is 0.267. The molecule has 6 nitrogen and oxygen atoms in total. The predicted octanol–water partition coefficient (Wildman–Crippen LogP) is 6.89. The number of para-hydroxylation sites is 1. The van der Waals surface area contributed by atoms with Crippen molar-refractivity contribution >= 4 is 40.8 Å². The van der Waals surface area contributed by atoms with Crippen LogP contribution in [0.3, 0.4) is 0 Å². The molecule has 4 atom stereocenters. The number of anilines is 1. The minimum Gasteiger partial charge on any atom is -0.490 e. The van der Waals surface area contributed by atoms with Crippen LogP contribution in [0.4, 0.5) is 5.69 Å². The number of carbonyl (C=O) groups excluding carboxylic acids is 3. The average molecular weight is 587 g/mol. The van der Waals surface area contributed by atoms with Gasteiger partial charge in [0.15, 0.2) is 11.6 Å². The van der Waals surface area contributed by atoms with Crippen molar-refractivity contribution in [1.82, 2.24) is 4.90 Å². The van der Waals surface area contributed by atoms with E-state index in [1.54, 1.807) is 54.6 Å². The summed E-state index contributed by atoms with van der Waals surface area (Å²) in [5.41, 5.74) is 2.51. The zero-order valence-corrected chi connectivity index (χ0v) is 23.8. The summed E-state index contributed by atoms with van der Waals surface area (Å²) < 4.78 is 5.75. The molecular formula is C36H27ClN2O4. The zero-order valence-electron chi connectivity index (χ0n) is 23.1. The molecule has 1 N–H and O–H groups in total. The van der Waals surface area contributed by atoms with Crippen LogP contribution < -0.4 is 10.1 Å². The molecule has 3 aliphatic heterocycles. The number of carbonyl (C=O) groups is 3. The monoisotopic (exact) mass is 586 g/mol. The van der Waals surface area contributed by atoms with Crippen molar-refractivity contribution < 1.29 is 19.1 Å². The number of amides is 1. The second-order valence-electron chi connectivity index (χ2n) is 10.9. The second kappa shape index (κ2) is 10.4. The Morgan fingerprint density at radius 2 is 1.70 bits per heavy atom. The number of fused-ring (bicyclic) bond motifs is 6. The first-order valence-corrected chi connectivity index (χ1v) is 14.5. The molecule has 0 bridgehead atoms. The summed E-state index contributed by atoms with van der Waals surface area (Å²) in [5, 5.41) is 3.57. The second-order valence-corrected chi connectivity index (χ2v) is 11.4. The number of nitrogens with one attached hydrogen (secondary N) is 1. The van der Waals surface area contributed by atoms with E-state index in [9.17, 15) is 14.4 Å². The molecule has 7 heteroatoms. The van der Waals surface area contributed by atoms with Crippen molar-refractivity contribution in [2.24, 2.45) is 5.92 Å². The van der Waals surface area contributed by atoms with Crippen molar-refractivity contribution in [2.45, 2.75) is 17.5 Å². The molecule has 7 rings (SSSR count). The Hall–Kier alpha value is -4.94. The van der Waals surface area contributed by atoms with Gasteiger partial charge in [-0.05, 0) is 65.2 Å². The van der Waals surface area contributed by atoms with Crippen LogP contribution in [0.1, 0.15) is 43.4 Å². The Labute approximate surface area is 254 Å². The van der Waals surface area contributed by atoms with Crippen LogP contribution in [0.5, 0.6) is 5.75 Å². The molecule has 1 fully saturated rings. The maximum atomic E-state index is 15.0. The highest BCUT2D eigenvalue weighted by Gasteiger charge is 2.70. The van der Waals surface area contributed by atoms with E-state index in [0.717, 1.165) is 11.1 Å². The topological polar surface area (TPSA) is 75.7 Å². The molecule has 0 saturated carbocycles. The van der Waals surface area contributed by atoms with E-state index in [1.807, 2.05) is 65.7 Å². The molecule has 4 aromatic carbocycles. The van der Waals surface area contributed by atoms with Gasteiger partial charge in [0.25, 0.3) is 0 Å². The highest BCUT2D eigenvalue weighted by atomic mass is 35.5. The Kier molecular flexibility index (Phi) is 6.51. The molecule has 0 unspecified atom stereocenters. The van der Waals surface area contributed by atoms with Crippen LogP contribution in [-0.4, -0.2) is 35.0 Å². The van der Waals surface area contributed by atoms with Crippen molar-refractivity contribution in [1.29, 1.82) is 0 Å². The normalized spacial score (nSPS) is 22.9. The molecule has 1 amide bonds. The fraction of sp³-hybridized carbons (Fsp3) is 0.139. The summed E-state index contributed by atoms with van der Waals surface area (Å²) in [6.07, 6.45) is 5.43. The standard InChI is InChI=1S/C36H27ClN2O4/c1-2-20-43-26-10-7-9-24(21-26)32(40)30-31(33(41)23-14-16-25(37)17-15-23)39-19-18-22-8-3-4-11-27(22)34(39)36(30)28-12-5-6-13-29(28)38-35(36)42/h2-19,21,30-31,34H,1,20H2,(H,38,42)/t30-,31-,34+,36+/m0/s1. The van der Waals surface area contributed by atoms with Crippen LogP contribution in [0.25, 0.3) is 6.08 Å². The quantitative estimate of drug-likeness (QED) is 0.189. The van der Waals surface area contributed by atoms with Crippen LogP contribution in [0.2, 0.25) is 5.02 Å². The summed E-state index contributed by atoms with van der Waals surface area (Å²) in [7, 11) is 0. The van der Waals surface area contributed by atoms with E-state index >= 15 is 0 Å². The fourth-order valence-corrected chi connectivity index (χ4v) is 7.15. The molecule has 0 radical (unpaired) electrons. The number of hydrogen-bond acceptors (Lipinski definition) is 5. The van der Waals surface area contributed by atoms with E-state index in [1.165, 1.54) is 0 Å². The number of hydrogen-bond donors (Lipinski definition) is 1. The number of rotatable bonds is 7. The number of ether oxygens (including phenoxy) is 1. The largest absolute Gasteiger partial charge is 0.490 e. The number of halogens is 1. The van der Waals surface area contributed by atoms with Gasteiger partial charge in [0, 0.05) is 28.0 Å². The van der Waals surface area contributed by atoms with Gasteiger partial charge in [-0.3, -0.25) is 14.4 Å². The number of Topliss-reactive ketones (excluding diaryl/α,β-unsaturated/α-hetero) is 2. The van der Waals surface area contributed by atoms with Gasteiger partial charge in [0.05, 0.1) is 12.0 Å². The van der Waals surface area contributed by atoms with E-state index < -0.39 is 23.4 Å². The molecule has 0 aromatic heterocycles. The van der Waals surface area contributed by atoms with Crippen LogP contribution >= 0.6 is 11.6 Å². The lowest BCUT2D eigenvalue weighted by molar-refractivity contribution is -0.122. The van der Waals surface area contributed by atoms with Gasteiger partial charge in [0.1, 0.15) is 23.8 Å². The van der Waals surface area contributed by atoms with E-state index in [0.29, 0.717) is 33.1 Å². The average Bonchev–Trinajstić information content (AvgIpc) is 3.52.